The van der Waals surface area contributed by atoms with Crippen molar-refractivity contribution >= 4 is 11.8 Å². The van der Waals surface area contributed by atoms with Crippen LogP contribution in [-0.4, -0.2) is 15.0 Å². The molecule has 8 aromatic carbocycles. The maximum atomic E-state index is 5.00. The average Bonchev–Trinajstić information content (AvgIpc) is 3.60. The second-order valence-electron chi connectivity index (χ2n) is 14.4. The number of hydrogen-bond acceptors (Lipinski definition) is 4. The van der Waals surface area contributed by atoms with Crippen molar-refractivity contribution in [1.82, 2.24) is 15.0 Å². The van der Waals surface area contributed by atoms with Crippen LogP contribution in [0.25, 0.3) is 67.5 Å². The molecule has 0 saturated heterocycles. The van der Waals surface area contributed by atoms with Crippen LogP contribution < -0.4 is 0 Å². The van der Waals surface area contributed by atoms with E-state index >= 15 is 0 Å². The standard InChI is InChI=1S/C52H33N3S/c1-4-15-34(16-5-1)49-53-50(35-17-6-2-7-18-35)55-51(54-49)40-22-13-21-38(32-40)36-19-12-20-37(31-36)39-29-30-46-45(33-39)52(41-23-8-3-9-24-41)44-27-11-10-25-42(44)43-26-14-28-47(56-46)48(43)52/h1-33H. The lowest BCUT2D eigenvalue weighted by Gasteiger charge is -2.39. The molecule has 56 heavy (non-hydrogen) atoms. The fourth-order valence-electron chi connectivity index (χ4n) is 8.69. The summed E-state index contributed by atoms with van der Waals surface area (Å²) in [5.41, 5.74) is 15.1. The first-order valence-electron chi connectivity index (χ1n) is 18.9. The van der Waals surface area contributed by atoms with Crippen LogP contribution in [0.4, 0.5) is 0 Å². The third kappa shape index (κ3) is 5.18. The maximum absolute atomic E-state index is 5.00. The zero-order valence-corrected chi connectivity index (χ0v) is 31.1. The van der Waals surface area contributed by atoms with Crippen LogP contribution in [0.3, 0.4) is 0 Å². The summed E-state index contributed by atoms with van der Waals surface area (Å²) in [6, 6.07) is 71.7. The molecule has 3 nitrogen and oxygen atoms in total. The van der Waals surface area contributed by atoms with Crippen molar-refractivity contribution in [1.29, 1.82) is 0 Å². The van der Waals surface area contributed by atoms with Gasteiger partial charge >= 0.3 is 0 Å². The highest BCUT2D eigenvalue weighted by Crippen LogP contribution is 2.63. The van der Waals surface area contributed by atoms with Crippen molar-refractivity contribution in [3.8, 4) is 67.5 Å². The number of aromatic nitrogens is 3. The first-order chi connectivity index (χ1) is 27.7. The Balaban J connectivity index is 1.03. The van der Waals surface area contributed by atoms with Crippen LogP contribution in [0.15, 0.2) is 210 Å². The van der Waals surface area contributed by atoms with Crippen LogP contribution in [0.5, 0.6) is 0 Å². The molecule has 0 spiro atoms. The third-order valence-electron chi connectivity index (χ3n) is 11.2. The van der Waals surface area contributed by atoms with Crippen molar-refractivity contribution in [3.63, 3.8) is 0 Å². The molecule has 0 fully saturated rings. The van der Waals surface area contributed by atoms with Crippen molar-refractivity contribution in [2.75, 3.05) is 0 Å². The van der Waals surface area contributed by atoms with E-state index in [9.17, 15) is 0 Å². The van der Waals surface area contributed by atoms with Gasteiger partial charge < -0.3 is 0 Å². The van der Waals surface area contributed by atoms with E-state index in [4.69, 9.17) is 15.0 Å². The highest BCUT2D eigenvalue weighted by atomic mass is 32.2. The Kier molecular flexibility index (Phi) is 7.64. The van der Waals surface area contributed by atoms with Crippen LogP contribution in [-0.2, 0) is 5.41 Å². The predicted molar refractivity (Wildman–Crippen MR) is 228 cm³/mol. The molecule has 0 saturated carbocycles. The van der Waals surface area contributed by atoms with Crippen molar-refractivity contribution in [2.24, 2.45) is 0 Å². The monoisotopic (exact) mass is 731 g/mol. The molecule has 1 atom stereocenters. The summed E-state index contributed by atoms with van der Waals surface area (Å²) in [5.74, 6) is 1.95. The van der Waals surface area contributed by atoms with E-state index in [-0.39, 0.29) is 0 Å². The summed E-state index contributed by atoms with van der Waals surface area (Å²) >= 11 is 1.89. The molecule has 4 heteroatoms. The Morgan fingerprint density at radius 2 is 0.804 bits per heavy atom. The summed E-state index contributed by atoms with van der Waals surface area (Å²) in [5, 5.41) is 0. The summed E-state index contributed by atoms with van der Waals surface area (Å²) in [6.45, 7) is 0. The normalized spacial score (nSPS) is 14.8. The number of benzene rings is 8. The number of hydrogen-bond donors (Lipinski definition) is 0. The lowest BCUT2D eigenvalue weighted by molar-refractivity contribution is 0.725. The van der Waals surface area contributed by atoms with Crippen LogP contribution in [0, 0.1) is 0 Å². The topological polar surface area (TPSA) is 38.7 Å². The smallest absolute Gasteiger partial charge is 0.164 e. The van der Waals surface area contributed by atoms with Crippen molar-refractivity contribution < 1.29 is 0 Å². The van der Waals surface area contributed by atoms with Gasteiger partial charge in [-0.25, -0.2) is 15.0 Å². The molecule has 1 aliphatic carbocycles. The first kappa shape index (κ1) is 32.5. The van der Waals surface area contributed by atoms with E-state index in [0.29, 0.717) is 17.5 Å². The second kappa shape index (κ2) is 13.2. The van der Waals surface area contributed by atoms with Gasteiger partial charge in [0, 0.05) is 26.5 Å². The van der Waals surface area contributed by atoms with E-state index < -0.39 is 5.41 Å². The Morgan fingerprint density at radius 1 is 0.321 bits per heavy atom. The zero-order chi connectivity index (χ0) is 37.1. The van der Waals surface area contributed by atoms with Crippen molar-refractivity contribution in [3.05, 3.63) is 222 Å². The number of nitrogens with zero attached hydrogens (tertiary/aromatic N) is 3. The predicted octanol–water partition coefficient (Wildman–Crippen LogP) is 13.0. The Bertz CT molecular complexity index is 2890. The number of rotatable bonds is 6. The van der Waals surface area contributed by atoms with Gasteiger partial charge in [0.05, 0.1) is 5.41 Å². The molecule has 262 valence electrons. The SMILES string of the molecule is c1ccc(-c2nc(-c3ccccc3)nc(-c3cccc(-c4cccc(-c5ccc6c(c5)C5(c7ccccc7)c7ccccc7-c7cccc(c75)S6)c4)c3)n2)cc1. The molecule has 2 heterocycles. The second-order valence-corrected chi connectivity index (χ2v) is 15.4. The molecule has 1 aliphatic heterocycles. The fourth-order valence-corrected chi connectivity index (χ4v) is 9.90. The molecular formula is C52H33N3S. The Labute approximate surface area is 330 Å². The minimum Gasteiger partial charge on any atom is -0.208 e. The molecular weight excluding hydrogens is 699 g/mol. The summed E-state index contributed by atoms with van der Waals surface area (Å²) in [4.78, 5) is 17.5. The van der Waals surface area contributed by atoms with E-state index in [2.05, 4.69) is 140 Å². The fraction of sp³-hybridized carbons (Fsp3) is 0.0192. The van der Waals surface area contributed by atoms with Crippen molar-refractivity contribution in [2.45, 2.75) is 15.2 Å². The van der Waals surface area contributed by atoms with Gasteiger partial charge in [-0.2, -0.15) is 0 Å². The van der Waals surface area contributed by atoms with Gasteiger partial charge in [0.1, 0.15) is 0 Å². The third-order valence-corrected chi connectivity index (χ3v) is 12.3. The maximum Gasteiger partial charge on any atom is 0.164 e. The van der Waals surface area contributed by atoms with Gasteiger partial charge in [0.25, 0.3) is 0 Å². The molecule has 0 amide bonds. The number of fused-ring (bicyclic) bond motifs is 5. The highest BCUT2D eigenvalue weighted by Gasteiger charge is 2.50. The van der Waals surface area contributed by atoms with Gasteiger partial charge in [-0.3, -0.25) is 0 Å². The summed E-state index contributed by atoms with van der Waals surface area (Å²) < 4.78 is 0. The van der Waals surface area contributed by atoms with Crippen LogP contribution in [0.1, 0.15) is 22.3 Å². The minimum atomic E-state index is -0.409. The molecule has 0 bridgehead atoms. The van der Waals surface area contributed by atoms with E-state index in [1.165, 1.54) is 54.3 Å². The van der Waals surface area contributed by atoms with Gasteiger partial charge in [0.2, 0.25) is 0 Å². The average molecular weight is 732 g/mol. The van der Waals surface area contributed by atoms with E-state index in [0.717, 1.165) is 27.8 Å². The van der Waals surface area contributed by atoms with E-state index in [1.54, 1.807) is 0 Å². The summed E-state index contributed by atoms with van der Waals surface area (Å²) in [6.07, 6.45) is 0. The Hall–Kier alpha value is -6.88. The quantitative estimate of drug-likeness (QED) is 0.171. The molecule has 1 aromatic heterocycles. The van der Waals surface area contributed by atoms with Crippen LogP contribution >= 0.6 is 11.8 Å². The van der Waals surface area contributed by atoms with Gasteiger partial charge in [0.15, 0.2) is 17.5 Å². The highest BCUT2D eigenvalue weighted by molar-refractivity contribution is 7.99. The first-order valence-corrected chi connectivity index (χ1v) is 19.8. The Morgan fingerprint density at radius 3 is 1.46 bits per heavy atom. The summed E-state index contributed by atoms with van der Waals surface area (Å²) in [7, 11) is 0. The van der Waals surface area contributed by atoms with Gasteiger partial charge in [-0.05, 0) is 86.0 Å². The minimum absolute atomic E-state index is 0.409. The molecule has 11 rings (SSSR count). The lowest BCUT2D eigenvalue weighted by atomic mass is 9.67. The van der Waals surface area contributed by atoms with Crippen LogP contribution in [0.2, 0.25) is 0 Å². The largest absolute Gasteiger partial charge is 0.208 e. The van der Waals surface area contributed by atoms with Gasteiger partial charge in [-0.1, -0.05) is 182 Å². The zero-order valence-electron chi connectivity index (χ0n) is 30.3. The van der Waals surface area contributed by atoms with E-state index in [1.807, 2.05) is 72.4 Å². The molecule has 2 aliphatic rings. The van der Waals surface area contributed by atoms with Gasteiger partial charge in [-0.15, -0.1) is 0 Å². The molecule has 1 unspecified atom stereocenters. The lowest BCUT2D eigenvalue weighted by Crippen LogP contribution is -2.31. The molecule has 0 N–H and O–H groups in total. The molecule has 9 aromatic rings. The molecule has 0 radical (unpaired) electrons.